The number of fused-ring (bicyclic) bond motifs is 1. The summed E-state index contributed by atoms with van der Waals surface area (Å²) < 4.78 is 40.5. The van der Waals surface area contributed by atoms with Crippen LogP contribution in [0.15, 0.2) is 48.5 Å². The predicted octanol–water partition coefficient (Wildman–Crippen LogP) is 5.10. The quantitative estimate of drug-likeness (QED) is 0.253. The highest BCUT2D eigenvalue weighted by molar-refractivity contribution is 6.30. The largest absolute Gasteiger partial charge is 0.508 e. The summed E-state index contributed by atoms with van der Waals surface area (Å²) in [5.41, 5.74) is 2.16. The molecule has 4 N–H and O–H groups in total. The van der Waals surface area contributed by atoms with Gasteiger partial charge in [-0.3, -0.25) is 10.3 Å². The molecule has 1 aromatic heterocycles. The van der Waals surface area contributed by atoms with Crippen molar-refractivity contribution >= 4 is 23.5 Å². The van der Waals surface area contributed by atoms with Gasteiger partial charge < -0.3 is 15.5 Å². The minimum Gasteiger partial charge on any atom is -0.508 e. The van der Waals surface area contributed by atoms with Crippen molar-refractivity contribution in [1.29, 1.82) is 5.41 Å². The number of carbonyl (C=O) groups is 1. The summed E-state index contributed by atoms with van der Waals surface area (Å²) in [5, 5.41) is 36.3. The Hall–Kier alpha value is -3.57. The molecule has 0 saturated carbocycles. The van der Waals surface area contributed by atoms with Gasteiger partial charge in [0.05, 0.1) is 17.7 Å². The number of phenolic OH excluding ortho intramolecular Hbond substituents is 1. The lowest BCUT2D eigenvalue weighted by Crippen LogP contribution is -2.46. The maximum atomic E-state index is 13.1. The maximum Gasteiger partial charge on any atom is 0.390 e. The van der Waals surface area contributed by atoms with Crippen LogP contribution >= 0.6 is 11.6 Å². The molecule has 4 rings (SSSR count). The van der Waals surface area contributed by atoms with Crippen molar-refractivity contribution in [2.45, 2.75) is 51.1 Å². The Morgan fingerprint density at radius 1 is 1.26 bits per heavy atom. The van der Waals surface area contributed by atoms with Crippen molar-refractivity contribution in [1.82, 2.24) is 20.0 Å². The van der Waals surface area contributed by atoms with Gasteiger partial charge in [-0.15, -0.1) is 0 Å². The fourth-order valence-electron chi connectivity index (χ4n) is 4.42. The summed E-state index contributed by atoms with van der Waals surface area (Å²) in [4.78, 5) is 13.8. The number of aliphatic hydroxyl groups is 1. The molecule has 8 nitrogen and oxygen atoms in total. The van der Waals surface area contributed by atoms with E-state index in [4.69, 9.17) is 17.0 Å². The molecule has 0 spiro atoms. The number of amides is 2. The molecule has 2 aromatic carbocycles. The molecule has 0 aliphatic heterocycles. The highest BCUT2D eigenvalue weighted by atomic mass is 35.5. The molecule has 1 aliphatic carbocycles. The highest BCUT2D eigenvalue weighted by Gasteiger charge is 2.34. The Labute approximate surface area is 222 Å². The smallest absolute Gasteiger partial charge is 0.390 e. The zero-order chi connectivity index (χ0) is 27.7. The van der Waals surface area contributed by atoms with Gasteiger partial charge in [0.25, 0.3) is 0 Å². The van der Waals surface area contributed by atoms with Crippen LogP contribution in [-0.4, -0.2) is 55.1 Å². The normalized spacial score (nSPS) is 17.1. The van der Waals surface area contributed by atoms with Crippen molar-refractivity contribution in [3.63, 3.8) is 0 Å². The number of aromatic nitrogens is 2. The van der Waals surface area contributed by atoms with E-state index in [0.717, 1.165) is 16.8 Å². The van der Waals surface area contributed by atoms with E-state index in [1.165, 1.54) is 24.3 Å². The summed E-state index contributed by atoms with van der Waals surface area (Å²) in [7, 11) is 0. The second kappa shape index (κ2) is 10.7. The van der Waals surface area contributed by atoms with Gasteiger partial charge in [0.15, 0.2) is 0 Å². The molecule has 202 valence electrons. The number of alkyl halides is 3. The van der Waals surface area contributed by atoms with Crippen molar-refractivity contribution in [2.75, 3.05) is 6.54 Å². The summed E-state index contributed by atoms with van der Waals surface area (Å²) in [5.74, 6) is -0.518. The number of hydrogen-bond acceptors (Lipinski definition) is 5. The number of aromatic hydroxyl groups is 1. The van der Waals surface area contributed by atoms with Gasteiger partial charge in [-0.2, -0.15) is 18.3 Å². The number of amidine groups is 1. The minimum absolute atomic E-state index is 0.0780. The van der Waals surface area contributed by atoms with E-state index in [-0.39, 0.29) is 18.0 Å². The third kappa shape index (κ3) is 6.46. The number of rotatable bonds is 6. The first-order chi connectivity index (χ1) is 17.8. The molecular formula is C26H27ClF3N5O3. The number of carbonyl (C=O) groups excluding carboxylic acids is 1. The standard InChI is InChI=1S/C26H27ClF3N5O3/c1-25(38)10-9-21-20(14-25)22(17-3-2-4-18(27)13-17)33-35(21)15-32-24(37)34(12-11-26(28,29)30)23(31)16-5-7-19(36)8-6-16/h2-8,13,31,36,38H,9-12,14-15H2,1H3,(H,32,37). The number of hydrogen-bond donors (Lipinski definition) is 4. The van der Waals surface area contributed by atoms with E-state index in [1.54, 1.807) is 29.8 Å². The summed E-state index contributed by atoms with van der Waals surface area (Å²) in [6, 6.07) is 11.4. The van der Waals surface area contributed by atoms with Crippen LogP contribution in [0, 0.1) is 5.41 Å². The summed E-state index contributed by atoms with van der Waals surface area (Å²) in [6.45, 7) is 0.822. The molecule has 0 fully saturated rings. The average molecular weight is 550 g/mol. The first-order valence-corrected chi connectivity index (χ1v) is 12.3. The fourth-order valence-corrected chi connectivity index (χ4v) is 4.61. The van der Waals surface area contributed by atoms with Crippen molar-refractivity contribution in [3.8, 4) is 17.0 Å². The number of nitrogens with one attached hydrogen (secondary N) is 2. The van der Waals surface area contributed by atoms with Crippen LogP contribution in [0.1, 0.15) is 36.6 Å². The average Bonchev–Trinajstić information content (AvgIpc) is 3.19. The number of nitrogens with zero attached hydrogens (tertiary/aromatic N) is 3. The fraction of sp³-hybridized carbons (Fsp3) is 0.346. The molecular weight excluding hydrogens is 523 g/mol. The molecule has 1 heterocycles. The Kier molecular flexibility index (Phi) is 7.70. The predicted molar refractivity (Wildman–Crippen MR) is 136 cm³/mol. The highest BCUT2D eigenvalue weighted by Crippen LogP contribution is 2.36. The number of halogens is 4. The van der Waals surface area contributed by atoms with Gasteiger partial charge >= 0.3 is 12.2 Å². The molecule has 1 atom stereocenters. The lowest BCUT2D eigenvalue weighted by molar-refractivity contribution is -0.135. The Morgan fingerprint density at radius 2 is 1.97 bits per heavy atom. The van der Waals surface area contributed by atoms with Gasteiger partial charge in [-0.1, -0.05) is 23.7 Å². The van der Waals surface area contributed by atoms with Crippen LogP contribution in [0.25, 0.3) is 11.3 Å². The molecule has 2 amide bonds. The van der Waals surface area contributed by atoms with Gasteiger partial charge in [0.1, 0.15) is 18.3 Å². The monoisotopic (exact) mass is 549 g/mol. The third-order valence-electron chi connectivity index (χ3n) is 6.38. The first-order valence-electron chi connectivity index (χ1n) is 11.9. The molecule has 1 aliphatic rings. The van der Waals surface area contributed by atoms with Crippen LogP contribution in [0.4, 0.5) is 18.0 Å². The Balaban J connectivity index is 1.59. The van der Waals surface area contributed by atoms with Crippen LogP contribution < -0.4 is 5.32 Å². The van der Waals surface area contributed by atoms with E-state index in [0.29, 0.717) is 34.9 Å². The summed E-state index contributed by atoms with van der Waals surface area (Å²) >= 11 is 6.17. The number of benzene rings is 2. The first kappa shape index (κ1) is 27.5. The lowest BCUT2D eigenvalue weighted by Gasteiger charge is -2.29. The molecule has 1 unspecified atom stereocenters. The molecule has 0 saturated heterocycles. The van der Waals surface area contributed by atoms with Crippen LogP contribution in [0.2, 0.25) is 5.02 Å². The molecule has 0 bridgehead atoms. The molecule has 12 heteroatoms. The Morgan fingerprint density at radius 3 is 2.63 bits per heavy atom. The SMILES string of the molecule is CC1(O)CCc2c(c(-c3cccc(Cl)c3)nn2CNC(=O)N(CCC(F)(F)F)C(=N)c2ccc(O)cc2)C1. The van der Waals surface area contributed by atoms with Crippen LogP contribution in [0.3, 0.4) is 0 Å². The van der Waals surface area contributed by atoms with Crippen LogP contribution in [0.5, 0.6) is 5.75 Å². The van der Waals surface area contributed by atoms with Gasteiger partial charge in [-0.25, -0.2) is 9.48 Å². The van der Waals surface area contributed by atoms with E-state index in [2.05, 4.69) is 10.4 Å². The topological polar surface area (TPSA) is 114 Å². The van der Waals surface area contributed by atoms with Gasteiger partial charge in [0.2, 0.25) is 0 Å². The van der Waals surface area contributed by atoms with E-state index >= 15 is 0 Å². The van der Waals surface area contributed by atoms with Crippen molar-refractivity contribution < 1.29 is 28.2 Å². The molecule has 3 aromatic rings. The lowest BCUT2D eigenvalue weighted by atomic mass is 9.83. The molecule has 0 radical (unpaired) electrons. The third-order valence-corrected chi connectivity index (χ3v) is 6.61. The number of urea groups is 1. The Bertz CT molecular complexity index is 1340. The zero-order valence-electron chi connectivity index (χ0n) is 20.5. The zero-order valence-corrected chi connectivity index (χ0v) is 21.3. The maximum absolute atomic E-state index is 13.1. The van der Waals surface area contributed by atoms with E-state index < -0.39 is 36.6 Å². The van der Waals surface area contributed by atoms with Gasteiger partial charge in [-0.05, 0) is 56.2 Å². The second-order valence-corrected chi connectivity index (χ2v) is 9.95. The minimum atomic E-state index is -4.53. The van der Waals surface area contributed by atoms with Crippen molar-refractivity contribution in [2.24, 2.45) is 0 Å². The van der Waals surface area contributed by atoms with Crippen molar-refractivity contribution in [3.05, 3.63) is 70.4 Å². The van der Waals surface area contributed by atoms with Gasteiger partial charge in [0, 0.05) is 40.4 Å². The number of phenols is 1. The van der Waals surface area contributed by atoms with Crippen LogP contribution in [-0.2, 0) is 19.5 Å². The van der Waals surface area contributed by atoms with E-state index in [9.17, 15) is 28.2 Å². The second-order valence-electron chi connectivity index (χ2n) is 9.51. The van der Waals surface area contributed by atoms with E-state index in [1.807, 2.05) is 6.07 Å². The molecule has 38 heavy (non-hydrogen) atoms. The summed E-state index contributed by atoms with van der Waals surface area (Å²) in [6.07, 6.45) is -4.55.